The van der Waals surface area contributed by atoms with Gasteiger partial charge in [0.1, 0.15) is 6.07 Å². The van der Waals surface area contributed by atoms with Crippen LogP contribution in [0, 0.1) is 31.1 Å². The molecule has 0 aliphatic carbocycles. The predicted octanol–water partition coefficient (Wildman–Crippen LogP) is 1.62. The first-order valence-corrected chi connectivity index (χ1v) is 6.43. The molecule has 1 N–H and O–H groups in total. The number of aromatic nitrogens is 1. The SMILES string of the molecule is CNCC1CCN(c2cc(C)nc(C)c2C#N)C1. The molecule has 1 aliphatic rings. The predicted molar refractivity (Wildman–Crippen MR) is 72.7 cm³/mol. The monoisotopic (exact) mass is 244 g/mol. The van der Waals surface area contributed by atoms with Gasteiger partial charge in [-0.3, -0.25) is 4.98 Å². The summed E-state index contributed by atoms with van der Waals surface area (Å²) < 4.78 is 0. The van der Waals surface area contributed by atoms with Gasteiger partial charge in [-0.1, -0.05) is 0 Å². The minimum atomic E-state index is 0.676. The van der Waals surface area contributed by atoms with Crippen molar-refractivity contribution in [1.82, 2.24) is 10.3 Å². The van der Waals surface area contributed by atoms with Crippen molar-refractivity contribution in [3.05, 3.63) is 23.0 Å². The van der Waals surface area contributed by atoms with Crippen LogP contribution in [0.25, 0.3) is 0 Å². The summed E-state index contributed by atoms with van der Waals surface area (Å²) in [5.74, 6) is 0.676. The number of nitrogens with zero attached hydrogens (tertiary/aromatic N) is 3. The Morgan fingerprint density at radius 1 is 1.56 bits per heavy atom. The van der Waals surface area contributed by atoms with Crippen molar-refractivity contribution in [2.24, 2.45) is 5.92 Å². The van der Waals surface area contributed by atoms with E-state index in [1.165, 1.54) is 6.42 Å². The fourth-order valence-corrected chi connectivity index (χ4v) is 2.70. The zero-order chi connectivity index (χ0) is 13.1. The largest absolute Gasteiger partial charge is 0.370 e. The van der Waals surface area contributed by atoms with Crippen LogP contribution < -0.4 is 10.2 Å². The van der Waals surface area contributed by atoms with E-state index in [4.69, 9.17) is 0 Å². The van der Waals surface area contributed by atoms with Crippen LogP contribution in [0.15, 0.2) is 6.07 Å². The Balaban J connectivity index is 2.27. The van der Waals surface area contributed by atoms with Crippen LogP contribution in [0.1, 0.15) is 23.4 Å². The lowest BCUT2D eigenvalue weighted by molar-refractivity contribution is 0.549. The third-order valence-corrected chi connectivity index (χ3v) is 3.54. The minimum Gasteiger partial charge on any atom is -0.370 e. The van der Waals surface area contributed by atoms with Crippen LogP contribution in [-0.4, -0.2) is 31.7 Å². The quantitative estimate of drug-likeness (QED) is 0.877. The molecule has 1 atom stereocenters. The lowest BCUT2D eigenvalue weighted by atomic mass is 10.1. The van der Waals surface area contributed by atoms with Gasteiger partial charge >= 0.3 is 0 Å². The highest BCUT2D eigenvalue weighted by atomic mass is 15.2. The van der Waals surface area contributed by atoms with Gasteiger partial charge in [-0.15, -0.1) is 0 Å². The lowest BCUT2D eigenvalue weighted by Gasteiger charge is -2.21. The lowest BCUT2D eigenvalue weighted by Crippen LogP contribution is -2.25. The topological polar surface area (TPSA) is 52.0 Å². The van der Waals surface area contributed by atoms with Gasteiger partial charge in [0.15, 0.2) is 0 Å². The van der Waals surface area contributed by atoms with E-state index in [0.717, 1.165) is 42.3 Å². The number of aryl methyl sites for hydroxylation is 2. The number of hydrogen-bond donors (Lipinski definition) is 1. The van der Waals surface area contributed by atoms with Gasteiger partial charge in [0.05, 0.1) is 16.9 Å². The van der Waals surface area contributed by atoms with E-state index in [-0.39, 0.29) is 0 Å². The van der Waals surface area contributed by atoms with Gasteiger partial charge in [0.25, 0.3) is 0 Å². The van der Waals surface area contributed by atoms with Crippen molar-refractivity contribution in [1.29, 1.82) is 5.26 Å². The first-order valence-electron chi connectivity index (χ1n) is 6.43. The fourth-order valence-electron chi connectivity index (χ4n) is 2.70. The van der Waals surface area contributed by atoms with Gasteiger partial charge < -0.3 is 10.2 Å². The molecule has 0 spiro atoms. The Morgan fingerprint density at radius 3 is 3.00 bits per heavy atom. The van der Waals surface area contributed by atoms with Crippen molar-refractivity contribution in [3.63, 3.8) is 0 Å². The van der Waals surface area contributed by atoms with E-state index in [1.54, 1.807) is 0 Å². The number of nitrogens with one attached hydrogen (secondary N) is 1. The zero-order valence-electron chi connectivity index (χ0n) is 11.3. The highest BCUT2D eigenvalue weighted by molar-refractivity contribution is 5.62. The molecule has 0 radical (unpaired) electrons. The maximum atomic E-state index is 9.29. The maximum absolute atomic E-state index is 9.29. The first kappa shape index (κ1) is 12.8. The minimum absolute atomic E-state index is 0.676. The van der Waals surface area contributed by atoms with Crippen LogP contribution in [0.4, 0.5) is 5.69 Å². The van der Waals surface area contributed by atoms with Crippen LogP contribution in [-0.2, 0) is 0 Å². The van der Waals surface area contributed by atoms with Crippen molar-refractivity contribution in [2.75, 3.05) is 31.6 Å². The normalized spacial score (nSPS) is 19.0. The number of pyridine rings is 1. The highest BCUT2D eigenvalue weighted by Crippen LogP contribution is 2.28. The second kappa shape index (κ2) is 5.36. The summed E-state index contributed by atoms with van der Waals surface area (Å²) in [5.41, 5.74) is 3.61. The Morgan fingerprint density at radius 2 is 2.33 bits per heavy atom. The molecule has 18 heavy (non-hydrogen) atoms. The molecule has 2 rings (SSSR count). The van der Waals surface area contributed by atoms with Crippen LogP contribution in [0.3, 0.4) is 0 Å². The molecule has 0 amide bonds. The standard InChI is InChI=1S/C14H20N4/c1-10-6-14(13(7-15)11(2)17-10)18-5-4-12(9-18)8-16-3/h6,12,16H,4-5,8-9H2,1-3H3. The van der Waals surface area contributed by atoms with E-state index in [0.29, 0.717) is 5.92 Å². The van der Waals surface area contributed by atoms with Crippen molar-refractivity contribution >= 4 is 5.69 Å². The summed E-state index contributed by atoms with van der Waals surface area (Å²) in [4.78, 5) is 6.69. The molecule has 0 bridgehead atoms. The fraction of sp³-hybridized carbons (Fsp3) is 0.571. The van der Waals surface area contributed by atoms with Gasteiger partial charge in [-0.05, 0) is 45.8 Å². The number of rotatable bonds is 3. The van der Waals surface area contributed by atoms with E-state index < -0.39 is 0 Å². The van der Waals surface area contributed by atoms with Gasteiger partial charge in [-0.2, -0.15) is 5.26 Å². The molecule has 1 fully saturated rings. The zero-order valence-corrected chi connectivity index (χ0v) is 11.3. The summed E-state index contributed by atoms with van der Waals surface area (Å²) in [6.45, 7) is 7.00. The summed E-state index contributed by atoms with van der Waals surface area (Å²) >= 11 is 0. The van der Waals surface area contributed by atoms with Gasteiger partial charge in [0, 0.05) is 18.8 Å². The molecular formula is C14H20N4. The molecule has 4 nitrogen and oxygen atoms in total. The Bertz CT molecular complexity index is 475. The second-order valence-electron chi connectivity index (χ2n) is 5.01. The molecule has 4 heteroatoms. The summed E-state index contributed by atoms with van der Waals surface area (Å²) in [6.07, 6.45) is 1.19. The molecule has 1 aromatic heterocycles. The molecule has 96 valence electrons. The summed E-state index contributed by atoms with van der Waals surface area (Å²) in [5, 5.41) is 12.5. The molecule has 2 heterocycles. The van der Waals surface area contributed by atoms with Crippen molar-refractivity contribution < 1.29 is 0 Å². The number of hydrogen-bond acceptors (Lipinski definition) is 4. The molecule has 1 unspecified atom stereocenters. The highest BCUT2D eigenvalue weighted by Gasteiger charge is 2.24. The average Bonchev–Trinajstić information content (AvgIpc) is 2.77. The Labute approximate surface area is 109 Å². The van der Waals surface area contributed by atoms with Crippen molar-refractivity contribution in [3.8, 4) is 6.07 Å². The van der Waals surface area contributed by atoms with Crippen LogP contribution >= 0.6 is 0 Å². The third kappa shape index (κ3) is 2.46. The molecule has 1 saturated heterocycles. The second-order valence-corrected chi connectivity index (χ2v) is 5.01. The summed E-state index contributed by atoms with van der Waals surface area (Å²) in [6, 6.07) is 4.33. The smallest absolute Gasteiger partial charge is 0.103 e. The van der Waals surface area contributed by atoms with E-state index >= 15 is 0 Å². The Hall–Kier alpha value is -1.60. The van der Waals surface area contributed by atoms with Gasteiger partial charge in [-0.25, -0.2) is 0 Å². The molecular weight excluding hydrogens is 224 g/mol. The van der Waals surface area contributed by atoms with E-state index in [2.05, 4.69) is 21.3 Å². The van der Waals surface area contributed by atoms with Gasteiger partial charge in [0.2, 0.25) is 0 Å². The van der Waals surface area contributed by atoms with Crippen molar-refractivity contribution in [2.45, 2.75) is 20.3 Å². The van der Waals surface area contributed by atoms with E-state index in [1.807, 2.05) is 27.0 Å². The molecule has 0 aromatic carbocycles. The summed E-state index contributed by atoms with van der Waals surface area (Å²) in [7, 11) is 1.99. The maximum Gasteiger partial charge on any atom is 0.103 e. The van der Waals surface area contributed by atoms with E-state index in [9.17, 15) is 5.26 Å². The number of anilines is 1. The molecule has 1 aliphatic heterocycles. The van der Waals surface area contributed by atoms with Crippen LogP contribution in [0.2, 0.25) is 0 Å². The molecule has 1 aromatic rings. The average molecular weight is 244 g/mol. The first-order chi connectivity index (χ1) is 8.65. The molecule has 0 saturated carbocycles. The third-order valence-electron chi connectivity index (χ3n) is 3.54. The van der Waals surface area contributed by atoms with Crippen LogP contribution in [0.5, 0.6) is 0 Å². The Kier molecular flexibility index (Phi) is 3.83. The number of nitriles is 1.